The van der Waals surface area contributed by atoms with Crippen molar-refractivity contribution in [3.8, 4) is 0 Å². The van der Waals surface area contributed by atoms with E-state index < -0.39 is 11.2 Å². The normalized spacial score (nSPS) is 21.3. The summed E-state index contributed by atoms with van der Waals surface area (Å²) in [6.07, 6.45) is 2.97. The average Bonchev–Trinajstić information content (AvgIpc) is 2.49. The zero-order valence-corrected chi connectivity index (χ0v) is 14.2. The number of aromatic nitrogens is 2. The Morgan fingerprint density at radius 3 is 2.70 bits per heavy atom. The van der Waals surface area contributed by atoms with Crippen molar-refractivity contribution in [1.29, 1.82) is 0 Å². The van der Waals surface area contributed by atoms with Gasteiger partial charge in [-0.05, 0) is 19.3 Å². The second kappa shape index (κ2) is 7.12. The monoisotopic (exact) mass is 323 g/mol. The second-order valence-electron chi connectivity index (χ2n) is 6.61. The number of carbonyl (C=O) groups is 1. The zero-order valence-electron chi connectivity index (χ0n) is 14.2. The van der Waals surface area contributed by atoms with Gasteiger partial charge in [0.25, 0.3) is 5.56 Å². The van der Waals surface area contributed by atoms with E-state index >= 15 is 0 Å². The maximum atomic E-state index is 12.7. The second-order valence-corrected chi connectivity index (χ2v) is 6.61. The van der Waals surface area contributed by atoms with E-state index in [0.717, 1.165) is 24.1 Å². The highest BCUT2D eigenvalue weighted by Gasteiger charge is 2.27. The first-order valence-corrected chi connectivity index (χ1v) is 8.32. The van der Waals surface area contributed by atoms with Crippen LogP contribution >= 0.6 is 0 Å². The molecule has 0 saturated carbocycles. The lowest BCUT2D eigenvalue weighted by Crippen LogP contribution is -3.14. The number of hydrogen-bond donors (Lipinski definition) is 2. The van der Waals surface area contributed by atoms with Crippen LogP contribution in [0.4, 0.5) is 5.82 Å². The molecule has 128 valence electrons. The Labute approximate surface area is 135 Å². The van der Waals surface area contributed by atoms with Crippen molar-refractivity contribution >= 4 is 11.6 Å². The van der Waals surface area contributed by atoms with Crippen LogP contribution in [-0.2, 0) is 13.6 Å². The number of carbonyl (C=O) groups excluding carboxylic acids is 1. The van der Waals surface area contributed by atoms with Gasteiger partial charge < -0.3 is 10.6 Å². The minimum absolute atomic E-state index is 0.00871. The van der Waals surface area contributed by atoms with Crippen molar-refractivity contribution < 1.29 is 9.69 Å². The number of ketones is 1. The first-order chi connectivity index (χ1) is 10.9. The smallest absolute Gasteiger partial charge is 0.332 e. The fourth-order valence-electron chi connectivity index (χ4n) is 3.36. The van der Waals surface area contributed by atoms with Crippen LogP contribution in [0.25, 0.3) is 0 Å². The van der Waals surface area contributed by atoms with Gasteiger partial charge in [-0.2, -0.15) is 0 Å². The molecule has 0 aliphatic carbocycles. The molecule has 2 heterocycles. The Bertz CT molecular complexity index is 705. The number of anilines is 1. The molecule has 0 bridgehead atoms. The molecule has 1 aromatic rings. The van der Waals surface area contributed by atoms with Gasteiger partial charge in [-0.3, -0.25) is 18.7 Å². The van der Waals surface area contributed by atoms with Crippen molar-refractivity contribution in [2.45, 2.75) is 39.7 Å². The summed E-state index contributed by atoms with van der Waals surface area (Å²) < 4.78 is 2.30. The predicted molar refractivity (Wildman–Crippen MR) is 88.9 cm³/mol. The quantitative estimate of drug-likeness (QED) is 0.683. The summed E-state index contributed by atoms with van der Waals surface area (Å²) in [6.45, 7) is 6.61. The van der Waals surface area contributed by atoms with E-state index in [1.54, 1.807) is 0 Å². The fraction of sp³-hybridized carbons (Fsp3) is 0.688. The van der Waals surface area contributed by atoms with Crippen molar-refractivity contribution in [3.63, 3.8) is 0 Å². The number of hydrogen-bond acceptors (Lipinski definition) is 4. The molecule has 3 N–H and O–H groups in total. The van der Waals surface area contributed by atoms with Gasteiger partial charge in [0.2, 0.25) is 5.78 Å². The summed E-state index contributed by atoms with van der Waals surface area (Å²) in [7, 11) is 1.39. The molecule has 1 fully saturated rings. The van der Waals surface area contributed by atoms with Crippen molar-refractivity contribution in [1.82, 2.24) is 9.13 Å². The summed E-state index contributed by atoms with van der Waals surface area (Å²) in [6, 6.07) is 0. The highest BCUT2D eigenvalue weighted by Crippen LogP contribution is 2.07. The number of nitrogens with zero attached hydrogens (tertiary/aromatic N) is 2. The number of Topliss-reactive ketones (excluding diaryl/α,β-unsaturated/α-hetero) is 1. The minimum atomic E-state index is -0.589. The van der Waals surface area contributed by atoms with E-state index in [-0.39, 0.29) is 23.7 Å². The van der Waals surface area contributed by atoms with Gasteiger partial charge in [0.1, 0.15) is 17.9 Å². The maximum Gasteiger partial charge on any atom is 0.332 e. The number of nitrogen functional groups attached to an aromatic ring is 1. The van der Waals surface area contributed by atoms with Gasteiger partial charge >= 0.3 is 5.69 Å². The van der Waals surface area contributed by atoms with Crippen LogP contribution in [0.5, 0.6) is 0 Å². The summed E-state index contributed by atoms with van der Waals surface area (Å²) in [5, 5.41) is 0. The molecule has 0 amide bonds. The van der Waals surface area contributed by atoms with Gasteiger partial charge in [-0.1, -0.05) is 13.8 Å². The molecule has 1 aliphatic rings. The molecule has 1 aliphatic heterocycles. The SMILES string of the molecule is CCCn1c(N)c(C(=O)C[NH+]2CCC[C@H](C)C2)c(=O)n(C)c1=O. The number of quaternary nitrogens is 1. The summed E-state index contributed by atoms with van der Waals surface area (Å²) >= 11 is 0. The van der Waals surface area contributed by atoms with E-state index in [4.69, 9.17) is 5.73 Å². The molecule has 7 nitrogen and oxygen atoms in total. The van der Waals surface area contributed by atoms with Gasteiger partial charge in [0.15, 0.2) is 0 Å². The minimum Gasteiger partial charge on any atom is -0.384 e. The standard InChI is InChI=1S/C16H26N4O3/c1-4-7-20-14(17)13(15(22)18(3)16(20)23)12(21)10-19-8-5-6-11(2)9-19/h11H,4-10,17H2,1-3H3/p+1/t11-/m0/s1. The average molecular weight is 323 g/mol. The Hall–Kier alpha value is -1.89. The van der Waals surface area contributed by atoms with Gasteiger partial charge in [-0.25, -0.2) is 4.79 Å². The number of piperidine rings is 1. The lowest BCUT2D eigenvalue weighted by Gasteiger charge is -2.27. The number of likely N-dealkylation sites (tertiary alicyclic amines) is 1. The maximum absolute atomic E-state index is 12.7. The van der Waals surface area contributed by atoms with Crippen molar-refractivity contribution in [2.24, 2.45) is 13.0 Å². The topological polar surface area (TPSA) is 91.5 Å². The third-order valence-corrected chi connectivity index (χ3v) is 4.58. The summed E-state index contributed by atoms with van der Waals surface area (Å²) in [4.78, 5) is 38.3. The van der Waals surface area contributed by atoms with Crippen LogP contribution in [0.1, 0.15) is 43.5 Å². The number of rotatable bonds is 5. The molecule has 1 unspecified atom stereocenters. The van der Waals surface area contributed by atoms with Crippen LogP contribution in [-0.4, -0.2) is 34.6 Å². The molecule has 1 saturated heterocycles. The Balaban J connectivity index is 2.36. The van der Waals surface area contributed by atoms with E-state index in [2.05, 4.69) is 6.92 Å². The van der Waals surface area contributed by atoms with E-state index in [1.807, 2.05) is 6.92 Å². The number of nitrogens with two attached hydrogens (primary N) is 1. The molecule has 2 rings (SSSR count). The molecule has 23 heavy (non-hydrogen) atoms. The van der Waals surface area contributed by atoms with Gasteiger partial charge in [0, 0.05) is 19.5 Å². The first-order valence-electron chi connectivity index (χ1n) is 8.32. The highest BCUT2D eigenvalue weighted by atomic mass is 16.2. The number of nitrogens with one attached hydrogen (secondary N) is 1. The predicted octanol–water partition coefficient (Wildman–Crippen LogP) is -0.963. The molecule has 2 atom stereocenters. The Kier molecular flexibility index (Phi) is 5.41. The van der Waals surface area contributed by atoms with Crippen LogP contribution in [0.2, 0.25) is 0 Å². The van der Waals surface area contributed by atoms with Crippen LogP contribution in [0.15, 0.2) is 9.59 Å². The third kappa shape index (κ3) is 3.55. The zero-order chi connectivity index (χ0) is 17.1. The van der Waals surface area contributed by atoms with Crippen LogP contribution < -0.4 is 21.9 Å². The van der Waals surface area contributed by atoms with E-state index in [9.17, 15) is 14.4 Å². The molecule has 1 aromatic heterocycles. The van der Waals surface area contributed by atoms with Gasteiger partial charge in [-0.15, -0.1) is 0 Å². The molecule has 0 aromatic carbocycles. The Morgan fingerprint density at radius 1 is 1.39 bits per heavy atom. The largest absolute Gasteiger partial charge is 0.384 e. The molecular formula is C16H27N4O3+. The first kappa shape index (κ1) is 17.5. The van der Waals surface area contributed by atoms with E-state index in [1.165, 1.54) is 22.9 Å². The summed E-state index contributed by atoms with van der Waals surface area (Å²) in [5.41, 5.74) is 4.90. The van der Waals surface area contributed by atoms with Crippen LogP contribution in [0.3, 0.4) is 0 Å². The highest BCUT2D eigenvalue weighted by molar-refractivity contribution is 6.00. The lowest BCUT2D eigenvalue weighted by molar-refractivity contribution is -0.900. The van der Waals surface area contributed by atoms with Crippen molar-refractivity contribution in [3.05, 3.63) is 26.4 Å². The van der Waals surface area contributed by atoms with E-state index in [0.29, 0.717) is 18.9 Å². The van der Waals surface area contributed by atoms with Gasteiger partial charge in [0.05, 0.1) is 13.1 Å². The van der Waals surface area contributed by atoms with Crippen molar-refractivity contribution in [2.75, 3.05) is 25.4 Å². The molecule has 7 heteroatoms. The molecule has 0 radical (unpaired) electrons. The molecule has 0 spiro atoms. The Morgan fingerprint density at radius 2 is 2.09 bits per heavy atom. The fourth-order valence-corrected chi connectivity index (χ4v) is 3.36. The molecular weight excluding hydrogens is 296 g/mol. The van der Waals surface area contributed by atoms with Crippen LogP contribution in [0, 0.1) is 5.92 Å². The summed E-state index contributed by atoms with van der Waals surface area (Å²) in [5.74, 6) is 0.326. The lowest BCUT2D eigenvalue weighted by atomic mass is 10.00. The third-order valence-electron chi connectivity index (χ3n) is 4.58.